The number of carbonyl (C=O) groups excluding carboxylic acids is 1. The van der Waals surface area contributed by atoms with Crippen molar-refractivity contribution in [2.24, 2.45) is 0 Å². The Morgan fingerprint density at radius 2 is 1.71 bits per heavy atom. The summed E-state index contributed by atoms with van der Waals surface area (Å²) >= 11 is 0. The molecule has 0 aliphatic carbocycles. The number of hydrogen-bond acceptors (Lipinski definition) is 4. The van der Waals surface area contributed by atoms with Crippen molar-refractivity contribution in [3.05, 3.63) is 81.9 Å². The van der Waals surface area contributed by atoms with Gasteiger partial charge in [-0.25, -0.2) is 4.39 Å². The van der Waals surface area contributed by atoms with Crippen molar-refractivity contribution >= 4 is 11.6 Å². The van der Waals surface area contributed by atoms with Crippen molar-refractivity contribution in [2.45, 2.75) is 26.9 Å². The number of nitrogens with one attached hydrogen (secondary N) is 1. The number of halogens is 1. The summed E-state index contributed by atoms with van der Waals surface area (Å²) in [4.78, 5) is 24.5. The maximum absolute atomic E-state index is 13.1. The minimum atomic E-state index is -0.840. The molecule has 0 bridgehead atoms. The Morgan fingerprint density at radius 3 is 2.36 bits per heavy atom. The van der Waals surface area contributed by atoms with E-state index in [0.717, 1.165) is 15.8 Å². The van der Waals surface area contributed by atoms with Gasteiger partial charge in [-0.15, -0.1) is 5.10 Å². The third-order valence-corrected chi connectivity index (χ3v) is 4.00. The van der Waals surface area contributed by atoms with Gasteiger partial charge in [0.25, 0.3) is 11.5 Å². The number of aryl methyl sites for hydroxylation is 2. The molecule has 2 aromatic carbocycles. The summed E-state index contributed by atoms with van der Waals surface area (Å²) < 4.78 is 19.8. The number of nitrogens with zero attached hydrogens (tertiary/aromatic N) is 2. The summed E-state index contributed by atoms with van der Waals surface area (Å²) in [6.45, 7) is 5.49. The Labute approximate surface area is 161 Å². The standard InChI is InChI=1S/C21H20FN3O3/c1-13-10-14(2)12-17(11-13)23-21(27)15(3)28-19-8-9-20(26)25(24-19)18-6-4-16(22)5-7-18/h4-12,15H,1-3H3,(H,23,27)/t15-/m1/s1. The molecule has 1 N–H and O–H groups in total. The van der Waals surface area contributed by atoms with Crippen LogP contribution in [0, 0.1) is 19.7 Å². The van der Waals surface area contributed by atoms with E-state index in [4.69, 9.17) is 4.74 Å². The second kappa shape index (κ2) is 8.04. The highest BCUT2D eigenvalue weighted by molar-refractivity contribution is 5.94. The van der Waals surface area contributed by atoms with Crippen LogP contribution in [0.3, 0.4) is 0 Å². The number of benzene rings is 2. The minimum absolute atomic E-state index is 0.104. The van der Waals surface area contributed by atoms with Crippen LogP contribution in [-0.4, -0.2) is 21.8 Å². The zero-order chi connectivity index (χ0) is 20.3. The van der Waals surface area contributed by atoms with Gasteiger partial charge >= 0.3 is 0 Å². The molecule has 1 aromatic heterocycles. The van der Waals surface area contributed by atoms with Crippen molar-refractivity contribution < 1.29 is 13.9 Å². The van der Waals surface area contributed by atoms with E-state index in [0.29, 0.717) is 11.4 Å². The molecule has 6 nitrogen and oxygen atoms in total. The lowest BCUT2D eigenvalue weighted by Gasteiger charge is -2.15. The molecule has 1 atom stereocenters. The number of aromatic nitrogens is 2. The quantitative estimate of drug-likeness (QED) is 0.735. The van der Waals surface area contributed by atoms with E-state index in [-0.39, 0.29) is 11.8 Å². The third-order valence-electron chi connectivity index (χ3n) is 4.00. The summed E-state index contributed by atoms with van der Waals surface area (Å²) in [6, 6.07) is 13.7. The maximum Gasteiger partial charge on any atom is 0.271 e. The van der Waals surface area contributed by atoms with Crippen LogP contribution in [-0.2, 0) is 4.79 Å². The summed E-state index contributed by atoms with van der Waals surface area (Å²) in [5.74, 6) is -0.654. The van der Waals surface area contributed by atoms with Crippen LogP contribution in [0.4, 0.5) is 10.1 Å². The molecule has 0 spiro atoms. The first-order chi connectivity index (χ1) is 13.3. The van der Waals surface area contributed by atoms with Gasteiger partial charge in [0.15, 0.2) is 6.10 Å². The van der Waals surface area contributed by atoms with Gasteiger partial charge < -0.3 is 10.1 Å². The molecular weight excluding hydrogens is 361 g/mol. The molecule has 7 heteroatoms. The van der Waals surface area contributed by atoms with Crippen LogP contribution >= 0.6 is 0 Å². The first-order valence-electron chi connectivity index (χ1n) is 8.74. The van der Waals surface area contributed by atoms with Gasteiger partial charge in [-0.3, -0.25) is 9.59 Å². The van der Waals surface area contributed by atoms with Crippen LogP contribution in [0.5, 0.6) is 5.88 Å². The normalized spacial score (nSPS) is 11.7. The summed E-state index contributed by atoms with van der Waals surface area (Å²) in [5.41, 5.74) is 2.76. The molecule has 144 valence electrons. The highest BCUT2D eigenvalue weighted by atomic mass is 19.1. The van der Waals surface area contributed by atoms with Gasteiger partial charge in [-0.2, -0.15) is 4.68 Å². The molecule has 0 aliphatic heterocycles. The largest absolute Gasteiger partial charge is 0.463 e. The summed E-state index contributed by atoms with van der Waals surface area (Å²) in [5, 5.41) is 6.91. The summed E-state index contributed by atoms with van der Waals surface area (Å²) in [6.07, 6.45) is -0.840. The van der Waals surface area contributed by atoms with Gasteiger partial charge in [0.05, 0.1) is 5.69 Å². The lowest BCUT2D eigenvalue weighted by Crippen LogP contribution is -2.31. The van der Waals surface area contributed by atoms with Gasteiger partial charge in [0.1, 0.15) is 5.82 Å². The van der Waals surface area contributed by atoms with Crippen molar-refractivity contribution in [3.8, 4) is 11.6 Å². The second-order valence-corrected chi connectivity index (χ2v) is 6.52. The molecule has 0 fully saturated rings. The number of anilines is 1. The van der Waals surface area contributed by atoms with Crippen LogP contribution in [0.2, 0.25) is 0 Å². The number of rotatable bonds is 5. The van der Waals surface area contributed by atoms with Crippen molar-refractivity contribution in [1.82, 2.24) is 9.78 Å². The van der Waals surface area contributed by atoms with E-state index < -0.39 is 17.5 Å². The number of carbonyl (C=O) groups is 1. The SMILES string of the molecule is Cc1cc(C)cc(NC(=O)[C@@H](C)Oc2ccc(=O)n(-c3ccc(F)cc3)n2)c1. The molecule has 3 aromatic rings. The molecular formula is C21H20FN3O3. The Kier molecular flexibility index (Phi) is 5.54. The van der Waals surface area contributed by atoms with E-state index in [9.17, 15) is 14.0 Å². The highest BCUT2D eigenvalue weighted by Gasteiger charge is 2.16. The fourth-order valence-electron chi connectivity index (χ4n) is 2.75. The zero-order valence-corrected chi connectivity index (χ0v) is 15.8. The lowest BCUT2D eigenvalue weighted by molar-refractivity contribution is -0.122. The minimum Gasteiger partial charge on any atom is -0.463 e. The van der Waals surface area contributed by atoms with Crippen LogP contribution in [0.15, 0.2) is 59.4 Å². The van der Waals surface area contributed by atoms with Gasteiger partial charge in [-0.1, -0.05) is 6.07 Å². The second-order valence-electron chi connectivity index (χ2n) is 6.52. The number of amides is 1. The molecule has 1 amide bonds. The van der Waals surface area contributed by atoms with Crippen molar-refractivity contribution in [1.29, 1.82) is 0 Å². The first kappa shape index (κ1) is 19.3. The Morgan fingerprint density at radius 1 is 1.07 bits per heavy atom. The smallest absolute Gasteiger partial charge is 0.271 e. The van der Waals surface area contributed by atoms with E-state index in [2.05, 4.69) is 10.4 Å². The van der Waals surface area contributed by atoms with E-state index in [1.54, 1.807) is 6.92 Å². The Hall–Kier alpha value is -3.48. The van der Waals surface area contributed by atoms with Crippen LogP contribution in [0.25, 0.3) is 5.69 Å². The maximum atomic E-state index is 13.1. The third kappa shape index (κ3) is 4.62. The average Bonchev–Trinajstić information content (AvgIpc) is 2.63. The van der Waals surface area contributed by atoms with Gasteiger partial charge in [0, 0.05) is 17.8 Å². The first-order valence-corrected chi connectivity index (χ1v) is 8.74. The van der Waals surface area contributed by atoms with Crippen molar-refractivity contribution in [2.75, 3.05) is 5.32 Å². The molecule has 0 unspecified atom stereocenters. The van der Waals surface area contributed by atoms with E-state index in [1.807, 2.05) is 32.0 Å². The molecule has 3 rings (SSSR count). The fraction of sp³-hybridized carbons (Fsp3) is 0.190. The molecule has 28 heavy (non-hydrogen) atoms. The highest BCUT2D eigenvalue weighted by Crippen LogP contribution is 2.15. The topological polar surface area (TPSA) is 73.2 Å². The van der Waals surface area contributed by atoms with E-state index >= 15 is 0 Å². The molecule has 0 radical (unpaired) electrons. The fourth-order valence-corrected chi connectivity index (χ4v) is 2.75. The predicted molar refractivity (Wildman–Crippen MR) is 104 cm³/mol. The summed E-state index contributed by atoms with van der Waals surface area (Å²) in [7, 11) is 0. The zero-order valence-electron chi connectivity index (χ0n) is 15.8. The van der Waals surface area contributed by atoms with E-state index in [1.165, 1.54) is 36.4 Å². The van der Waals surface area contributed by atoms with Crippen molar-refractivity contribution in [3.63, 3.8) is 0 Å². The Bertz CT molecular complexity index is 1040. The number of ether oxygens (including phenoxy) is 1. The molecule has 0 aliphatic rings. The average molecular weight is 381 g/mol. The van der Waals surface area contributed by atoms with Gasteiger partial charge in [0.2, 0.25) is 5.88 Å². The molecule has 0 saturated heterocycles. The van der Waals surface area contributed by atoms with Crippen LogP contribution in [0.1, 0.15) is 18.1 Å². The van der Waals surface area contributed by atoms with Crippen LogP contribution < -0.4 is 15.6 Å². The monoisotopic (exact) mass is 381 g/mol. The molecule has 0 saturated carbocycles. The van der Waals surface area contributed by atoms with Gasteiger partial charge in [-0.05, 0) is 68.3 Å². The predicted octanol–water partition coefficient (Wildman–Crippen LogP) is 3.39. The molecule has 1 heterocycles. The number of hydrogen-bond donors (Lipinski definition) is 1. The Balaban J connectivity index is 1.75. The lowest BCUT2D eigenvalue weighted by atomic mass is 10.1.